The Balaban J connectivity index is 2.59. The Morgan fingerprint density at radius 3 is 2.83 bits per heavy atom. The first-order valence-corrected chi connectivity index (χ1v) is 5.96. The molecular formula is C14H15FN2O. The minimum atomic E-state index is -0.281. The molecule has 18 heavy (non-hydrogen) atoms. The number of halogens is 1. The Kier molecular flexibility index (Phi) is 3.55. The van der Waals surface area contributed by atoms with Crippen LogP contribution >= 0.6 is 0 Å². The fraction of sp³-hybridized carbons (Fsp3) is 0.286. The molecule has 0 spiro atoms. The normalized spacial score (nSPS) is 10.6. The van der Waals surface area contributed by atoms with Crippen molar-refractivity contribution in [2.45, 2.75) is 26.7 Å². The van der Waals surface area contributed by atoms with Crippen LogP contribution in [0.3, 0.4) is 0 Å². The number of rotatable bonds is 3. The van der Waals surface area contributed by atoms with Crippen LogP contribution in [0.15, 0.2) is 29.3 Å². The van der Waals surface area contributed by atoms with Crippen LogP contribution in [0.2, 0.25) is 0 Å². The van der Waals surface area contributed by atoms with Gasteiger partial charge in [0.1, 0.15) is 5.82 Å². The van der Waals surface area contributed by atoms with E-state index in [4.69, 9.17) is 0 Å². The molecule has 1 aromatic heterocycles. The molecule has 4 heteroatoms. The van der Waals surface area contributed by atoms with Gasteiger partial charge >= 0.3 is 0 Å². The first-order valence-electron chi connectivity index (χ1n) is 5.96. The van der Waals surface area contributed by atoms with Gasteiger partial charge in [0.05, 0.1) is 12.0 Å². The van der Waals surface area contributed by atoms with Crippen molar-refractivity contribution in [2.75, 3.05) is 0 Å². The van der Waals surface area contributed by atoms with E-state index in [1.807, 2.05) is 6.92 Å². The summed E-state index contributed by atoms with van der Waals surface area (Å²) in [6.45, 7) is 3.70. The van der Waals surface area contributed by atoms with Crippen LogP contribution in [-0.4, -0.2) is 9.97 Å². The second kappa shape index (κ2) is 5.12. The molecule has 2 rings (SSSR count). The fourth-order valence-corrected chi connectivity index (χ4v) is 1.90. The summed E-state index contributed by atoms with van der Waals surface area (Å²) < 4.78 is 13.6. The number of nitrogens with one attached hydrogen (secondary N) is 1. The Labute approximate surface area is 105 Å². The van der Waals surface area contributed by atoms with Gasteiger partial charge < -0.3 is 4.98 Å². The van der Waals surface area contributed by atoms with Gasteiger partial charge in [-0.3, -0.25) is 4.79 Å². The third kappa shape index (κ3) is 2.32. The van der Waals surface area contributed by atoms with Crippen LogP contribution in [0.25, 0.3) is 11.3 Å². The van der Waals surface area contributed by atoms with Gasteiger partial charge in [0.2, 0.25) is 0 Å². The van der Waals surface area contributed by atoms with Crippen molar-refractivity contribution < 1.29 is 4.39 Å². The van der Waals surface area contributed by atoms with E-state index in [1.165, 1.54) is 12.4 Å². The molecule has 0 radical (unpaired) electrons. The van der Waals surface area contributed by atoms with Crippen LogP contribution in [-0.2, 0) is 6.42 Å². The molecule has 1 aromatic carbocycles. The second-order valence-electron chi connectivity index (χ2n) is 4.27. The van der Waals surface area contributed by atoms with Gasteiger partial charge in [-0.05, 0) is 25.0 Å². The molecule has 3 nitrogen and oxygen atoms in total. The van der Waals surface area contributed by atoms with Crippen LogP contribution < -0.4 is 5.56 Å². The van der Waals surface area contributed by atoms with Gasteiger partial charge in [-0.15, -0.1) is 0 Å². The van der Waals surface area contributed by atoms with E-state index in [0.717, 1.165) is 6.42 Å². The summed E-state index contributed by atoms with van der Waals surface area (Å²) in [5, 5.41) is 0. The fourth-order valence-electron chi connectivity index (χ4n) is 1.90. The Morgan fingerprint density at radius 1 is 1.39 bits per heavy atom. The van der Waals surface area contributed by atoms with E-state index in [-0.39, 0.29) is 11.4 Å². The Bertz CT molecular complexity index is 619. The predicted octanol–water partition coefficient (Wildman–Crippen LogP) is 2.84. The SMILES string of the molecule is CCCc1c(-c2ccc(C)c(F)c2)nc[nH]c1=O. The zero-order valence-corrected chi connectivity index (χ0v) is 10.5. The van der Waals surface area contributed by atoms with Gasteiger partial charge in [-0.25, -0.2) is 9.37 Å². The third-order valence-electron chi connectivity index (χ3n) is 2.89. The number of hydrogen-bond acceptors (Lipinski definition) is 2. The predicted molar refractivity (Wildman–Crippen MR) is 69.0 cm³/mol. The lowest BCUT2D eigenvalue weighted by Gasteiger charge is -2.07. The molecule has 0 aliphatic carbocycles. The van der Waals surface area contributed by atoms with Crippen LogP contribution in [0.1, 0.15) is 24.5 Å². The van der Waals surface area contributed by atoms with Crippen molar-refractivity contribution >= 4 is 0 Å². The molecule has 0 bridgehead atoms. The summed E-state index contributed by atoms with van der Waals surface area (Å²) >= 11 is 0. The van der Waals surface area contributed by atoms with E-state index in [2.05, 4.69) is 9.97 Å². The number of aryl methyl sites for hydroxylation is 1. The summed E-state index contributed by atoms with van der Waals surface area (Å²) in [6.07, 6.45) is 2.83. The lowest BCUT2D eigenvalue weighted by molar-refractivity contribution is 0.619. The first kappa shape index (κ1) is 12.5. The minimum absolute atomic E-state index is 0.150. The van der Waals surface area contributed by atoms with Crippen LogP contribution in [0.4, 0.5) is 4.39 Å². The number of benzene rings is 1. The average molecular weight is 246 g/mol. The van der Waals surface area contributed by atoms with Crippen molar-refractivity contribution in [3.8, 4) is 11.3 Å². The number of aromatic nitrogens is 2. The largest absolute Gasteiger partial charge is 0.313 e. The molecule has 0 saturated carbocycles. The molecule has 0 aliphatic heterocycles. The zero-order chi connectivity index (χ0) is 13.1. The van der Waals surface area contributed by atoms with E-state index in [1.54, 1.807) is 19.1 Å². The maximum atomic E-state index is 13.6. The summed E-state index contributed by atoms with van der Waals surface area (Å²) in [4.78, 5) is 18.5. The first-order chi connectivity index (χ1) is 8.63. The summed E-state index contributed by atoms with van der Waals surface area (Å²) in [5.41, 5.74) is 2.26. The van der Waals surface area contributed by atoms with Crippen LogP contribution in [0.5, 0.6) is 0 Å². The van der Waals surface area contributed by atoms with Gasteiger partial charge in [0.25, 0.3) is 5.56 Å². The number of hydrogen-bond donors (Lipinski definition) is 1. The molecule has 2 aromatic rings. The van der Waals surface area contributed by atoms with Crippen molar-refractivity contribution in [1.29, 1.82) is 0 Å². The van der Waals surface area contributed by atoms with Gasteiger partial charge in [-0.1, -0.05) is 25.5 Å². The standard InChI is InChI=1S/C14H15FN2O/c1-3-4-11-13(16-8-17-14(11)18)10-6-5-9(2)12(15)7-10/h5-8H,3-4H2,1-2H3,(H,16,17,18). The highest BCUT2D eigenvalue weighted by Crippen LogP contribution is 2.22. The number of H-pyrrole nitrogens is 1. The lowest BCUT2D eigenvalue weighted by Crippen LogP contribution is -2.14. The third-order valence-corrected chi connectivity index (χ3v) is 2.89. The monoisotopic (exact) mass is 246 g/mol. The highest BCUT2D eigenvalue weighted by molar-refractivity contribution is 5.62. The lowest BCUT2D eigenvalue weighted by atomic mass is 10.0. The highest BCUT2D eigenvalue weighted by atomic mass is 19.1. The average Bonchev–Trinajstić information content (AvgIpc) is 2.35. The maximum absolute atomic E-state index is 13.6. The molecular weight excluding hydrogens is 231 g/mol. The number of nitrogens with zero attached hydrogens (tertiary/aromatic N) is 1. The van der Waals surface area contributed by atoms with Crippen molar-refractivity contribution in [3.63, 3.8) is 0 Å². The Hall–Kier alpha value is -1.97. The molecule has 0 fully saturated rings. The van der Waals surface area contributed by atoms with Crippen molar-refractivity contribution in [3.05, 3.63) is 51.8 Å². The maximum Gasteiger partial charge on any atom is 0.254 e. The smallest absolute Gasteiger partial charge is 0.254 e. The topological polar surface area (TPSA) is 45.8 Å². The molecule has 1 N–H and O–H groups in total. The van der Waals surface area contributed by atoms with Gasteiger partial charge in [0.15, 0.2) is 0 Å². The van der Waals surface area contributed by atoms with E-state index in [9.17, 15) is 9.18 Å². The summed E-state index contributed by atoms with van der Waals surface area (Å²) in [7, 11) is 0. The molecule has 1 heterocycles. The molecule has 0 atom stereocenters. The van der Waals surface area contributed by atoms with Crippen molar-refractivity contribution in [2.24, 2.45) is 0 Å². The quantitative estimate of drug-likeness (QED) is 0.905. The van der Waals surface area contributed by atoms with E-state index in [0.29, 0.717) is 28.8 Å². The van der Waals surface area contributed by atoms with Gasteiger partial charge in [-0.2, -0.15) is 0 Å². The molecule has 0 aliphatic rings. The zero-order valence-electron chi connectivity index (χ0n) is 10.5. The Morgan fingerprint density at radius 2 is 2.17 bits per heavy atom. The molecule has 0 amide bonds. The van der Waals surface area contributed by atoms with E-state index >= 15 is 0 Å². The summed E-state index contributed by atoms with van der Waals surface area (Å²) in [5.74, 6) is -0.281. The molecule has 0 unspecified atom stereocenters. The van der Waals surface area contributed by atoms with Crippen molar-refractivity contribution in [1.82, 2.24) is 9.97 Å². The molecule has 0 saturated heterocycles. The van der Waals surface area contributed by atoms with Gasteiger partial charge in [0, 0.05) is 11.1 Å². The second-order valence-corrected chi connectivity index (χ2v) is 4.27. The minimum Gasteiger partial charge on any atom is -0.313 e. The summed E-state index contributed by atoms with van der Waals surface area (Å²) in [6, 6.07) is 4.92. The molecule has 94 valence electrons. The highest BCUT2D eigenvalue weighted by Gasteiger charge is 2.11. The van der Waals surface area contributed by atoms with Crippen LogP contribution in [0, 0.1) is 12.7 Å². The number of aromatic amines is 1. The van der Waals surface area contributed by atoms with E-state index < -0.39 is 0 Å².